The van der Waals surface area contributed by atoms with Gasteiger partial charge in [0.05, 0.1) is 18.7 Å². The first kappa shape index (κ1) is 29.6. The number of hydrogen-bond acceptors (Lipinski definition) is 4. The molecular formula is C30H34Cl2N4O4. The molecule has 0 saturated carbocycles. The van der Waals surface area contributed by atoms with Gasteiger partial charge >= 0.3 is 5.97 Å². The lowest BCUT2D eigenvalue weighted by Gasteiger charge is -2.35. The highest BCUT2D eigenvalue weighted by atomic mass is 35.5. The number of piperidine rings is 1. The van der Waals surface area contributed by atoms with Crippen molar-refractivity contribution in [3.63, 3.8) is 0 Å². The third-order valence-electron chi connectivity index (χ3n) is 6.98. The van der Waals surface area contributed by atoms with Crippen LogP contribution in [0.4, 0.5) is 0 Å². The van der Waals surface area contributed by atoms with E-state index in [1.807, 2.05) is 54.6 Å². The second kappa shape index (κ2) is 12.4. The Balaban J connectivity index is 1.56. The quantitative estimate of drug-likeness (QED) is 0.345. The van der Waals surface area contributed by atoms with E-state index in [1.54, 1.807) is 18.2 Å². The molecule has 0 aliphatic carbocycles. The lowest BCUT2D eigenvalue weighted by atomic mass is 9.89. The number of hydrogen-bond donors (Lipinski definition) is 2. The number of amides is 2. The Morgan fingerprint density at radius 3 is 2.20 bits per heavy atom. The summed E-state index contributed by atoms with van der Waals surface area (Å²) in [6.45, 7) is 7.79. The summed E-state index contributed by atoms with van der Waals surface area (Å²) in [6.07, 6.45) is 1.53. The van der Waals surface area contributed by atoms with E-state index in [0.717, 1.165) is 35.4 Å². The van der Waals surface area contributed by atoms with E-state index >= 15 is 0 Å². The number of carboxylic acids is 1. The Morgan fingerprint density at radius 1 is 1.00 bits per heavy atom. The van der Waals surface area contributed by atoms with E-state index in [0.29, 0.717) is 35.2 Å². The summed E-state index contributed by atoms with van der Waals surface area (Å²) >= 11 is 12.6. The van der Waals surface area contributed by atoms with Crippen LogP contribution in [-0.2, 0) is 16.1 Å². The van der Waals surface area contributed by atoms with Gasteiger partial charge in [0.25, 0.3) is 5.91 Å². The molecule has 1 fully saturated rings. The highest BCUT2D eigenvalue weighted by molar-refractivity contribution is 6.35. The highest BCUT2D eigenvalue weighted by Crippen LogP contribution is 2.34. The zero-order chi connectivity index (χ0) is 29.0. The Hall–Kier alpha value is -3.36. The number of carboxylic acid groups (broad SMARTS) is 1. The molecule has 1 aromatic heterocycles. The van der Waals surface area contributed by atoms with Crippen LogP contribution in [0.2, 0.25) is 10.0 Å². The molecule has 0 unspecified atom stereocenters. The number of nitrogens with one attached hydrogen (secondary N) is 1. The topological polar surface area (TPSA) is 105 Å². The lowest BCUT2D eigenvalue weighted by Crippen LogP contribution is -2.43. The van der Waals surface area contributed by atoms with Crippen molar-refractivity contribution in [2.24, 2.45) is 5.41 Å². The number of aromatic nitrogens is 2. The number of nitrogens with zero attached hydrogens (tertiary/aromatic N) is 3. The predicted molar refractivity (Wildman–Crippen MR) is 156 cm³/mol. The van der Waals surface area contributed by atoms with Crippen molar-refractivity contribution >= 4 is 41.0 Å². The number of carbonyl (C=O) groups is 3. The van der Waals surface area contributed by atoms with Crippen molar-refractivity contribution < 1.29 is 19.5 Å². The molecule has 1 aliphatic rings. The molecule has 0 bridgehead atoms. The monoisotopic (exact) mass is 584 g/mol. The maximum absolute atomic E-state index is 12.8. The number of aliphatic carboxylic acids is 1. The summed E-state index contributed by atoms with van der Waals surface area (Å²) in [5.41, 5.74) is 3.67. The average Bonchev–Trinajstić information content (AvgIpc) is 3.31. The highest BCUT2D eigenvalue weighted by Gasteiger charge is 2.32. The molecule has 40 heavy (non-hydrogen) atoms. The first-order valence-corrected chi connectivity index (χ1v) is 14.1. The van der Waals surface area contributed by atoms with Gasteiger partial charge in [-0.25, -0.2) is 0 Å². The van der Waals surface area contributed by atoms with E-state index in [-0.39, 0.29) is 30.7 Å². The predicted octanol–water partition coefficient (Wildman–Crippen LogP) is 5.86. The van der Waals surface area contributed by atoms with Gasteiger partial charge in [0.2, 0.25) is 5.91 Å². The zero-order valence-electron chi connectivity index (χ0n) is 22.9. The third kappa shape index (κ3) is 7.43. The summed E-state index contributed by atoms with van der Waals surface area (Å²) in [6, 6.07) is 14.6. The van der Waals surface area contributed by atoms with Gasteiger partial charge in [0, 0.05) is 57.8 Å². The fraction of sp³-hybridized carbons (Fsp3) is 0.400. The Kier molecular flexibility index (Phi) is 9.21. The summed E-state index contributed by atoms with van der Waals surface area (Å²) in [4.78, 5) is 37.8. The Labute approximate surface area is 244 Å². The van der Waals surface area contributed by atoms with Crippen molar-refractivity contribution in [2.75, 3.05) is 19.6 Å². The molecule has 8 nitrogen and oxygen atoms in total. The summed E-state index contributed by atoms with van der Waals surface area (Å²) in [7, 11) is 0. The molecule has 1 saturated heterocycles. The second-order valence-electron chi connectivity index (χ2n) is 11.2. The van der Waals surface area contributed by atoms with Gasteiger partial charge in [-0.1, -0.05) is 56.1 Å². The second-order valence-corrected chi connectivity index (χ2v) is 12.1. The summed E-state index contributed by atoms with van der Waals surface area (Å²) in [5, 5.41) is 17.4. The normalized spacial score (nSPS) is 14.3. The molecule has 4 rings (SSSR count). The lowest BCUT2D eigenvalue weighted by molar-refractivity contribution is -0.140. The maximum atomic E-state index is 12.8. The van der Waals surface area contributed by atoms with Crippen LogP contribution in [0.15, 0.2) is 48.5 Å². The van der Waals surface area contributed by atoms with E-state index in [2.05, 4.69) is 11.4 Å². The minimum absolute atomic E-state index is 0.0724. The van der Waals surface area contributed by atoms with E-state index in [4.69, 9.17) is 33.4 Å². The van der Waals surface area contributed by atoms with E-state index in [1.165, 1.54) is 0 Å². The zero-order valence-corrected chi connectivity index (χ0v) is 24.4. The Bertz CT molecular complexity index is 1370. The summed E-state index contributed by atoms with van der Waals surface area (Å²) in [5.74, 6) is -0.888. The number of benzene rings is 2. The molecule has 2 aromatic carbocycles. The molecule has 1 aliphatic heterocycles. The first-order valence-electron chi connectivity index (χ1n) is 13.3. The fourth-order valence-corrected chi connectivity index (χ4v) is 5.43. The SMILES string of the molecule is CC(C)(C)C(=O)N1CCC(c2cc(-c3cc(Cl)cc(Cl)c3)nn2Cc2ccc(C(=O)NCCC(=O)O)cc2)CC1. The van der Waals surface area contributed by atoms with Crippen LogP contribution in [0.25, 0.3) is 11.3 Å². The van der Waals surface area contributed by atoms with Crippen LogP contribution in [0, 0.1) is 5.41 Å². The van der Waals surface area contributed by atoms with Crippen molar-refractivity contribution in [3.05, 3.63) is 75.4 Å². The van der Waals surface area contributed by atoms with Crippen molar-refractivity contribution in [3.8, 4) is 11.3 Å². The molecular weight excluding hydrogens is 551 g/mol. The van der Waals surface area contributed by atoms with Crippen molar-refractivity contribution in [1.29, 1.82) is 0 Å². The average molecular weight is 586 g/mol. The van der Waals surface area contributed by atoms with E-state index < -0.39 is 11.4 Å². The van der Waals surface area contributed by atoms with Gasteiger partial charge in [-0.05, 0) is 54.8 Å². The third-order valence-corrected chi connectivity index (χ3v) is 7.42. The van der Waals surface area contributed by atoms with Crippen LogP contribution in [0.1, 0.15) is 67.6 Å². The number of carbonyl (C=O) groups excluding carboxylic acids is 2. The van der Waals surface area contributed by atoms with Gasteiger partial charge in [-0.2, -0.15) is 5.10 Å². The van der Waals surface area contributed by atoms with Crippen LogP contribution in [0.3, 0.4) is 0 Å². The van der Waals surface area contributed by atoms with Gasteiger partial charge in [-0.15, -0.1) is 0 Å². The number of halogens is 2. The van der Waals surface area contributed by atoms with Gasteiger partial charge < -0.3 is 15.3 Å². The molecule has 0 atom stereocenters. The van der Waals surface area contributed by atoms with Crippen LogP contribution >= 0.6 is 23.2 Å². The van der Waals surface area contributed by atoms with Crippen LogP contribution in [0.5, 0.6) is 0 Å². The summed E-state index contributed by atoms with van der Waals surface area (Å²) < 4.78 is 1.98. The number of likely N-dealkylation sites (tertiary alicyclic amines) is 1. The molecule has 2 heterocycles. The molecule has 0 radical (unpaired) electrons. The molecule has 3 aromatic rings. The first-order chi connectivity index (χ1) is 18.9. The van der Waals surface area contributed by atoms with Crippen LogP contribution in [-0.4, -0.2) is 57.2 Å². The molecule has 0 spiro atoms. The van der Waals surface area contributed by atoms with E-state index in [9.17, 15) is 14.4 Å². The fourth-order valence-electron chi connectivity index (χ4n) is 4.90. The van der Waals surface area contributed by atoms with Crippen molar-refractivity contribution in [1.82, 2.24) is 20.0 Å². The number of rotatable bonds is 8. The Morgan fingerprint density at radius 2 is 1.62 bits per heavy atom. The maximum Gasteiger partial charge on any atom is 0.305 e. The van der Waals surface area contributed by atoms with Gasteiger partial charge in [0.15, 0.2) is 0 Å². The van der Waals surface area contributed by atoms with Gasteiger partial charge in [-0.3, -0.25) is 19.1 Å². The minimum Gasteiger partial charge on any atom is -0.481 e. The molecule has 2 amide bonds. The smallest absolute Gasteiger partial charge is 0.305 e. The van der Waals surface area contributed by atoms with Crippen molar-refractivity contribution in [2.45, 2.75) is 52.5 Å². The molecule has 10 heteroatoms. The molecule has 2 N–H and O–H groups in total. The van der Waals surface area contributed by atoms with Gasteiger partial charge in [0.1, 0.15) is 0 Å². The van der Waals surface area contributed by atoms with Crippen LogP contribution < -0.4 is 5.32 Å². The standard InChI is InChI=1S/C30H34Cl2N4O4/c1-30(2,3)29(40)35-12-9-20(10-13-35)26-17-25(22-14-23(31)16-24(32)15-22)34-36(26)18-19-4-6-21(7-5-19)28(39)33-11-8-27(37)38/h4-7,14-17,20H,8-13,18H2,1-3H3,(H,33,39)(H,37,38). The molecule has 212 valence electrons. The largest absolute Gasteiger partial charge is 0.481 e. The minimum atomic E-state index is -0.962.